The summed E-state index contributed by atoms with van der Waals surface area (Å²) in [4.78, 5) is 21.8. The number of carboxylic acid groups (broad SMARTS) is 1. The summed E-state index contributed by atoms with van der Waals surface area (Å²) in [6, 6.07) is 4.33. The Morgan fingerprint density at radius 2 is 2.06 bits per heavy atom. The molecular formula is C13H16O5. The van der Waals surface area contributed by atoms with Crippen molar-refractivity contribution >= 4 is 11.9 Å². The van der Waals surface area contributed by atoms with E-state index in [0.29, 0.717) is 12.4 Å². The molecule has 1 aromatic rings. The molecule has 0 saturated heterocycles. The highest BCUT2D eigenvalue weighted by atomic mass is 16.5. The van der Waals surface area contributed by atoms with Crippen molar-refractivity contribution < 1.29 is 24.2 Å². The second-order valence-corrected chi connectivity index (χ2v) is 3.76. The van der Waals surface area contributed by atoms with E-state index in [-0.39, 0.29) is 11.3 Å². The van der Waals surface area contributed by atoms with E-state index >= 15 is 0 Å². The fourth-order valence-corrected chi connectivity index (χ4v) is 1.34. The Morgan fingerprint density at radius 3 is 2.61 bits per heavy atom. The van der Waals surface area contributed by atoms with Crippen LogP contribution in [-0.4, -0.2) is 23.7 Å². The summed E-state index contributed by atoms with van der Waals surface area (Å²) in [5, 5.41) is 8.95. The molecular weight excluding hydrogens is 236 g/mol. The van der Waals surface area contributed by atoms with Crippen LogP contribution in [0.4, 0.5) is 0 Å². The Morgan fingerprint density at radius 1 is 1.33 bits per heavy atom. The van der Waals surface area contributed by atoms with Gasteiger partial charge in [0.1, 0.15) is 17.1 Å². The molecule has 0 atom stereocenters. The van der Waals surface area contributed by atoms with Gasteiger partial charge in [-0.3, -0.25) is 4.79 Å². The van der Waals surface area contributed by atoms with Gasteiger partial charge in [0, 0.05) is 13.0 Å². The van der Waals surface area contributed by atoms with Crippen molar-refractivity contribution in [3.8, 4) is 11.5 Å². The van der Waals surface area contributed by atoms with Gasteiger partial charge in [0.05, 0.1) is 6.61 Å². The highest BCUT2D eigenvalue weighted by molar-refractivity contribution is 5.92. The van der Waals surface area contributed by atoms with Crippen molar-refractivity contribution in [3.05, 3.63) is 23.8 Å². The van der Waals surface area contributed by atoms with Gasteiger partial charge in [-0.1, -0.05) is 13.3 Å². The molecule has 0 saturated carbocycles. The number of ether oxygens (including phenoxy) is 2. The summed E-state index contributed by atoms with van der Waals surface area (Å²) in [6.07, 6.45) is 1.91. The van der Waals surface area contributed by atoms with E-state index in [0.717, 1.165) is 12.8 Å². The van der Waals surface area contributed by atoms with Crippen molar-refractivity contribution in [1.82, 2.24) is 0 Å². The maximum Gasteiger partial charge on any atom is 0.339 e. The van der Waals surface area contributed by atoms with Crippen LogP contribution < -0.4 is 9.47 Å². The lowest BCUT2D eigenvalue weighted by atomic mass is 10.2. The summed E-state index contributed by atoms with van der Waals surface area (Å²) in [7, 11) is 0. The molecule has 0 unspecified atom stereocenters. The average Bonchev–Trinajstić information content (AvgIpc) is 2.28. The SMILES string of the molecule is CCCCOc1ccc(C(=O)O)c(OC(C)=O)c1. The number of hydrogen-bond acceptors (Lipinski definition) is 4. The van der Waals surface area contributed by atoms with E-state index in [1.807, 2.05) is 6.92 Å². The molecule has 0 amide bonds. The predicted octanol–water partition coefficient (Wildman–Crippen LogP) is 2.49. The topological polar surface area (TPSA) is 72.8 Å². The first-order chi connectivity index (χ1) is 8.54. The number of hydrogen-bond donors (Lipinski definition) is 1. The number of esters is 1. The van der Waals surface area contributed by atoms with Crippen LogP contribution in [0.3, 0.4) is 0 Å². The molecule has 18 heavy (non-hydrogen) atoms. The minimum absolute atomic E-state index is 0.00370. The summed E-state index contributed by atoms with van der Waals surface area (Å²) < 4.78 is 10.3. The second-order valence-electron chi connectivity index (χ2n) is 3.76. The molecule has 1 aromatic carbocycles. The quantitative estimate of drug-likeness (QED) is 0.478. The number of carbonyl (C=O) groups is 2. The molecule has 0 aliphatic heterocycles. The van der Waals surface area contributed by atoms with E-state index in [1.165, 1.54) is 19.1 Å². The summed E-state index contributed by atoms with van der Waals surface area (Å²) in [6.45, 7) is 3.81. The highest BCUT2D eigenvalue weighted by Crippen LogP contribution is 2.25. The van der Waals surface area contributed by atoms with Gasteiger partial charge in [0.2, 0.25) is 0 Å². The van der Waals surface area contributed by atoms with E-state index in [1.54, 1.807) is 6.07 Å². The summed E-state index contributed by atoms with van der Waals surface area (Å²) in [5.41, 5.74) is -0.0620. The second kappa shape index (κ2) is 6.64. The first kappa shape index (κ1) is 14.0. The summed E-state index contributed by atoms with van der Waals surface area (Å²) >= 11 is 0. The molecule has 0 aliphatic rings. The Bertz CT molecular complexity index is 439. The lowest BCUT2D eigenvalue weighted by Gasteiger charge is -2.09. The Hall–Kier alpha value is -2.04. The van der Waals surface area contributed by atoms with E-state index in [4.69, 9.17) is 14.6 Å². The standard InChI is InChI=1S/C13H16O5/c1-3-4-7-17-10-5-6-11(13(15)16)12(8-10)18-9(2)14/h5-6,8H,3-4,7H2,1-2H3,(H,15,16). The third-order valence-corrected chi connectivity index (χ3v) is 2.20. The van der Waals surface area contributed by atoms with Crippen molar-refractivity contribution in [2.45, 2.75) is 26.7 Å². The van der Waals surface area contributed by atoms with Gasteiger partial charge in [0.25, 0.3) is 0 Å². The number of aromatic carboxylic acids is 1. The van der Waals surface area contributed by atoms with Crippen LogP contribution in [0, 0.1) is 0 Å². The smallest absolute Gasteiger partial charge is 0.339 e. The minimum atomic E-state index is -1.15. The molecule has 5 nitrogen and oxygen atoms in total. The first-order valence-electron chi connectivity index (χ1n) is 5.73. The Kier molecular flexibility index (Phi) is 5.17. The van der Waals surface area contributed by atoms with Gasteiger partial charge >= 0.3 is 11.9 Å². The molecule has 0 fully saturated rings. The predicted molar refractivity (Wildman–Crippen MR) is 65.1 cm³/mol. The van der Waals surface area contributed by atoms with Crippen molar-refractivity contribution in [2.24, 2.45) is 0 Å². The monoisotopic (exact) mass is 252 g/mol. The van der Waals surface area contributed by atoms with Crippen LogP contribution in [-0.2, 0) is 4.79 Å². The van der Waals surface area contributed by atoms with Crippen LogP contribution in [0.5, 0.6) is 11.5 Å². The minimum Gasteiger partial charge on any atom is -0.493 e. The molecule has 98 valence electrons. The fraction of sp³-hybridized carbons (Fsp3) is 0.385. The summed E-state index contributed by atoms with van der Waals surface area (Å²) in [5.74, 6) is -1.22. The third-order valence-electron chi connectivity index (χ3n) is 2.20. The number of carbonyl (C=O) groups excluding carboxylic acids is 1. The normalized spacial score (nSPS) is 9.89. The molecule has 0 bridgehead atoms. The third kappa shape index (κ3) is 4.08. The number of rotatable bonds is 6. The molecule has 0 radical (unpaired) electrons. The number of carboxylic acids is 1. The first-order valence-corrected chi connectivity index (χ1v) is 5.73. The molecule has 1 rings (SSSR count). The van der Waals surface area contributed by atoms with Gasteiger partial charge < -0.3 is 14.6 Å². The van der Waals surface area contributed by atoms with Crippen molar-refractivity contribution in [3.63, 3.8) is 0 Å². The lowest BCUT2D eigenvalue weighted by Crippen LogP contribution is -2.08. The average molecular weight is 252 g/mol. The van der Waals surface area contributed by atoms with Crippen LogP contribution in [0.1, 0.15) is 37.0 Å². The molecule has 0 heterocycles. The van der Waals surface area contributed by atoms with Gasteiger partial charge in [-0.2, -0.15) is 0 Å². The van der Waals surface area contributed by atoms with Gasteiger partial charge in [-0.25, -0.2) is 4.79 Å². The largest absolute Gasteiger partial charge is 0.493 e. The van der Waals surface area contributed by atoms with Crippen LogP contribution >= 0.6 is 0 Å². The number of benzene rings is 1. The van der Waals surface area contributed by atoms with E-state index in [9.17, 15) is 9.59 Å². The van der Waals surface area contributed by atoms with Crippen molar-refractivity contribution in [2.75, 3.05) is 6.61 Å². The molecule has 0 aromatic heterocycles. The van der Waals surface area contributed by atoms with E-state index in [2.05, 4.69) is 0 Å². The maximum absolute atomic E-state index is 10.9. The van der Waals surface area contributed by atoms with Crippen molar-refractivity contribution in [1.29, 1.82) is 0 Å². The van der Waals surface area contributed by atoms with Crippen LogP contribution in [0.25, 0.3) is 0 Å². The Balaban J connectivity index is 2.90. The number of unbranched alkanes of at least 4 members (excludes halogenated alkanes) is 1. The lowest BCUT2D eigenvalue weighted by molar-refractivity contribution is -0.131. The van der Waals surface area contributed by atoms with Gasteiger partial charge in [-0.15, -0.1) is 0 Å². The molecule has 1 N–H and O–H groups in total. The fourth-order valence-electron chi connectivity index (χ4n) is 1.34. The van der Waals surface area contributed by atoms with E-state index < -0.39 is 11.9 Å². The van der Waals surface area contributed by atoms with Crippen LogP contribution in [0.2, 0.25) is 0 Å². The zero-order valence-corrected chi connectivity index (χ0v) is 10.4. The Labute approximate surface area is 105 Å². The molecule has 0 spiro atoms. The zero-order chi connectivity index (χ0) is 13.5. The highest BCUT2D eigenvalue weighted by Gasteiger charge is 2.14. The van der Waals surface area contributed by atoms with Gasteiger partial charge in [-0.05, 0) is 18.6 Å². The molecule has 5 heteroatoms. The maximum atomic E-state index is 10.9. The zero-order valence-electron chi connectivity index (χ0n) is 10.4. The van der Waals surface area contributed by atoms with Crippen LogP contribution in [0.15, 0.2) is 18.2 Å². The van der Waals surface area contributed by atoms with Gasteiger partial charge in [0.15, 0.2) is 0 Å². The molecule has 0 aliphatic carbocycles.